The van der Waals surface area contributed by atoms with Crippen LogP contribution in [0.15, 0.2) is 24.3 Å². The van der Waals surface area contributed by atoms with E-state index in [0.29, 0.717) is 5.88 Å². The lowest BCUT2D eigenvalue weighted by Crippen LogP contribution is -1.97. The molecule has 0 atom stereocenters. The average molecular weight is 344 g/mol. The van der Waals surface area contributed by atoms with Crippen LogP contribution >= 0.6 is 22.6 Å². The van der Waals surface area contributed by atoms with Crippen molar-refractivity contribution in [3.8, 4) is 11.6 Å². The van der Waals surface area contributed by atoms with Crippen molar-refractivity contribution in [1.29, 1.82) is 0 Å². The van der Waals surface area contributed by atoms with Crippen molar-refractivity contribution in [2.75, 3.05) is 0 Å². The van der Waals surface area contributed by atoms with E-state index in [2.05, 4.69) is 27.7 Å². The maximum absolute atomic E-state index is 9.31. The third-order valence-corrected chi connectivity index (χ3v) is 3.13. The summed E-state index contributed by atoms with van der Waals surface area (Å²) in [5.41, 5.74) is 1.52. The normalized spacial score (nSPS) is 10.6. The van der Waals surface area contributed by atoms with Gasteiger partial charge in [-0.15, -0.1) is 0 Å². The second-order valence-electron chi connectivity index (χ2n) is 3.71. The lowest BCUT2D eigenvalue weighted by molar-refractivity contribution is 0.274. The van der Waals surface area contributed by atoms with Crippen LogP contribution in [0, 0.1) is 10.5 Å². The quantitative estimate of drug-likeness (QED) is 0.871. The van der Waals surface area contributed by atoms with Crippen LogP contribution in [0.3, 0.4) is 0 Å². The monoisotopic (exact) mass is 344 g/mol. The number of halogens is 1. The highest BCUT2D eigenvalue weighted by molar-refractivity contribution is 14.1. The molecule has 0 aliphatic rings. The van der Waals surface area contributed by atoms with Crippen LogP contribution in [0.25, 0.3) is 0 Å². The van der Waals surface area contributed by atoms with Crippen molar-refractivity contribution in [3.05, 3.63) is 39.1 Å². The fourth-order valence-electron chi connectivity index (χ4n) is 1.63. The van der Waals surface area contributed by atoms with E-state index in [1.807, 2.05) is 31.2 Å². The van der Waals surface area contributed by atoms with Crippen molar-refractivity contribution in [3.63, 3.8) is 0 Å². The van der Waals surface area contributed by atoms with Gasteiger partial charge in [-0.05, 0) is 47.7 Å². The average Bonchev–Trinajstić information content (AvgIpc) is 2.53. The van der Waals surface area contributed by atoms with E-state index < -0.39 is 0 Å². The minimum absolute atomic E-state index is 0.0705. The van der Waals surface area contributed by atoms with Gasteiger partial charge in [-0.25, -0.2) is 4.68 Å². The molecule has 17 heavy (non-hydrogen) atoms. The Morgan fingerprint density at radius 1 is 1.47 bits per heavy atom. The molecule has 0 fully saturated rings. The first-order valence-corrected chi connectivity index (χ1v) is 6.26. The molecule has 90 valence electrons. The zero-order chi connectivity index (χ0) is 12.4. The summed E-state index contributed by atoms with van der Waals surface area (Å²) in [7, 11) is 1.80. The molecular weight excluding hydrogens is 331 g/mol. The maximum atomic E-state index is 9.31. The number of benzene rings is 1. The number of rotatable bonds is 3. The van der Waals surface area contributed by atoms with Gasteiger partial charge in [-0.3, -0.25) is 0 Å². The first kappa shape index (κ1) is 12.4. The summed E-state index contributed by atoms with van der Waals surface area (Å²) in [6.45, 7) is 1.78. The minimum Gasteiger partial charge on any atom is -0.439 e. The van der Waals surface area contributed by atoms with E-state index in [4.69, 9.17) is 4.74 Å². The molecule has 1 aromatic heterocycles. The van der Waals surface area contributed by atoms with E-state index in [0.717, 1.165) is 20.6 Å². The molecule has 2 aromatic rings. The van der Waals surface area contributed by atoms with Crippen molar-refractivity contribution in [2.45, 2.75) is 13.5 Å². The SMILES string of the molecule is Cc1nn(C)c(Oc2cccc(I)c2)c1CO. The van der Waals surface area contributed by atoms with Crippen LogP contribution in [0.4, 0.5) is 0 Å². The number of hydrogen-bond acceptors (Lipinski definition) is 3. The minimum atomic E-state index is -0.0705. The summed E-state index contributed by atoms with van der Waals surface area (Å²) < 4.78 is 8.51. The van der Waals surface area contributed by atoms with Crippen molar-refractivity contribution in [1.82, 2.24) is 9.78 Å². The predicted octanol–water partition coefficient (Wildman–Crippen LogP) is 2.62. The topological polar surface area (TPSA) is 47.3 Å². The van der Waals surface area contributed by atoms with Crippen LogP contribution < -0.4 is 4.74 Å². The fraction of sp³-hybridized carbons (Fsp3) is 0.250. The smallest absolute Gasteiger partial charge is 0.223 e. The maximum Gasteiger partial charge on any atom is 0.223 e. The fourth-order valence-corrected chi connectivity index (χ4v) is 2.15. The molecule has 0 saturated carbocycles. The lowest BCUT2D eigenvalue weighted by atomic mass is 10.2. The van der Waals surface area contributed by atoms with Crippen molar-refractivity contribution in [2.24, 2.45) is 7.05 Å². The van der Waals surface area contributed by atoms with Gasteiger partial charge >= 0.3 is 0 Å². The van der Waals surface area contributed by atoms with Gasteiger partial charge in [0.15, 0.2) is 0 Å². The van der Waals surface area contributed by atoms with Gasteiger partial charge in [0, 0.05) is 10.6 Å². The third kappa shape index (κ3) is 2.61. The highest BCUT2D eigenvalue weighted by Crippen LogP contribution is 2.27. The molecular formula is C12H13IN2O2. The molecule has 0 radical (unpaired) electrons. The molecule has 1 aromatic carbocycles. The summed E-state index contributed by atoms with van der Waals surface area (Å²) in [5.74, 6) is 1.33. The number of aromatic nitrogens is 2. The van der Waals surface area contributed by atoms with Gasteiger partial charge < -0.3 is 9.84 Å². The van der Waals surface area contributed by atoms with Gasteiger partial charge in [0.1, 0.15) is 5.75 Å². The van der Waals surface area contributed by atoms with Gasteiger partial charge in [0.2, 0.25) is 5.88 Å². The van der Waals surface area contributed by atoms with Crippen LogP contribution in [-0.2, 0) is 13.7 Å². The highest BCUT2D eigenvalue weighted by atomic mass is 127. The highest BCUT2D eigenvalue weighted by Gasteiger charge is 2.14. The molecule has 0 aliphatic heterocycles. The Morgan fingerprint density at radius 2 is 2.24 bits per heavy atom. The summed E-state index contributed by atoms with van der Waals surface area (Å²) in [6.07, 6.45) is 0. The Bertz CT molecular complexity index is 537. The molecule has 0 aliphatic carbocycles. The van der Waals surface area contributed by atoms with E-state index >= 15 is 0 Å². The van der Waals surface area contributed by atoms with Crippen molar-refractivity contribution < 1.29 is 9.84 Å². The molecule has 4 nitrogen and oxygen atoms in total. The number of ether oxygens (including phenoxy) is 1. The number of aliphatic hydroxyl groups is 1. The Hall–Kier alpha value is -1.08. The largest absolute Gasteiger partial charge is 0.439 e. The van der Waals surface area contributed by atoms with E-state index in [1.54, 1.807) is 11.7 Å². The van der Waals surface area contributed by atoms with Crippen LogP contribution in [0.5, 0.6) is 11.6 Å². The zero-order valence-electron chi connectivity index (χ0n) is 9.64. The van der Waals surface area contributed by atoms with E-state index in [1.165, 1.54) is 0 Å². The molecule has 2 rings (SSSR count). The van der Waals surface area contributed by atoms with Crippen LogP contribution in [0.2, 0.25) is 0 Å². The zero-order valence-corrected chi connectivity index (χ0v) is 11.8. The standard InChI is InChI=1S/C12H13IN2O2/c1-8-11(7-16)12(15(2)14-8)17-10-5-3-4-9(13)6-10/h3-6,16H,7H2,1-2H3. The summed E-state index contributed by atoms with van der Waals surface area (Å²) in [4.78, 5) is 0. The number of aryl methyl sites for hydroxylation is 2. The Balaban J connectivity index is 2.36. The lowest BCUT2D eigenvalue weighted by Gasteiger charge is -2.07. The third-order valence-electron chi connectivity index (χ3n) is 2.46. The Morgan fingerprint density at radius 3 is 2.88 bits per heavy atom. The summed E-state index contributed by atoms with van der Waals surface area (Å²) >= 11 is 2.23. The first-order valence-electron chi connectivity index (χ1n) is 5.18. The molecule has 1 heterocycles. The van der Waals surface area contributed by atoms with Gasteiger partial charge in [0.25, 0.3) is 0 Å². The molecule has 1 N–H and O–H groups in total. The molecule has 5 heteroatoms. The van der Waals surface area contributed by atoms with E-state index in [9.17, 15) is 5.11 Å². The van der Waals surface area contributed by atoms with Crippen LogP contribution in [-0.4, -0.2) is 14.9 Å². The second kappa shape index (κ2) is 5.05. The Kier molecular flexibility index (Phi) is 3.68. The molecule has 0 bridgehead atoms. The van der Waals surface area contributed by atoms with Crippen molar-refractivity contribution >= 4 is 22.6 Å². The summed E-state index contributed by atoms with van der Waals surface area (Å²) in [5, 5.41) is 13.5. The molecule has 0 spiro atoms. The number of hydrogen-bond donors (Lipinski definition) is 1. The molecule has 0 saturated heterocycles. The first-order chi connectivity index (χ1) is 8.11. The van der Waals surface area contributed by atoms with E-state index in [-0.39, 0.29) is 6.61 Å². The van der Waals surface area contributed by atoms with Crippen LogP contribution in [0.1, 0.15) is 11.3 Å². The number of aliphatic hydroxyl groups excluding tert-OH is 1. The number of nitrogens with zero attached hydrogens (tertiary/aromatic N) is 2. The molecule has 0 amide bonds. The summed E-state index contributed by atoms with van der Waals surface area (Å²) in [6, 6.07) is 7.74. The predicted molar refractivity (Wildman–Crippen MR) is 73.1 cm³/mol. The van der Waals surface area contributed by atoms with Gasteiger partial charge in [-0.2, -0.15) is 5.10 Å². The second-order valence-corrected chi connectivity index (χ2v) is 4.96. The van der Waals surface area contributed by atoms with Gasteiger partial charge in [0.05, 0.1) is 17.9 Å². The Labute approximate surface area is 113 Å². The van der Waals surface area contributed by atoms with Gasteiger partial charge in [-0.1, -0.05) is 6.07 Å². The molecule has 0 unspecified atom stereocenters.